The van der Waals surface area contributed by atoms with Crippen LogP contribution in [0.5, 0.6) is 0 Å². The lowest BCUT2D eigenvalue weighted by molar-refractivity contribution is 0.0745. The molecular formula is C20H22ClN5O2. The van der Waals surface area contributed by atoms with Crippen LogP contribution in [0.15, 0.2) is 22.6 Å². The highest BCUT2D eigenvalue weighted by Crippen LogP contribution is 2.26. The molecule has 1 amide bonds. The van der Waals surface area contributed by atoms with Crippen LogP contribution < -0.4 is 4.90 Å². The lowest BCUT2D eigenvalue weighted by Crippen LogP contribution is -2.49. The number of amides is 1. The van der Waals surface area contributed by atoms with Crippen molar-refractivity contribution in [2.45, 2.75) is 27.2 Å². The maximum Gasteiger partial charge on any atom is 0.318 e. The molecule has 0 spiro atoms. The Balaban J connectivity index is 1.53. The number of rotatable bonds is 3. The number of carbonyl (C=O) groups excluding carboxylic acids is 1. The maximum atomic E-state index is 13.1. The van der Waals surface area contributed by atoms with Crippen molar-refractivity contribution in [2.24, 2.45) is 0 Å². The Labute approximate surface area is 168 Å². The summed E-state index contributed by atoms with van der Waals surface area (Å²) in [6.45, 7) is 8.39. The molecule has 0 aliphatic carbocycles. The van der Waals surface area contributed by atoms with Crippen molar-refractivity contribution in [2.75, 3.05) is 31.1 Å². The van der Waals surface area contributed by atoms with Gasteiger partial charge in [-0.3, -0.25) is 4.79 Å². The number of hydrogen-bond acceptors (Lipinski definition) is 6. The molecule has 1 aliphatic rings. The Hall–Kier alpha value is -2.67. The monoisotopic (exact) mass is 399 g/mol. The molecule has 3 aromatic rings. The van der Waals surface area contributed by atoms with Gasteiger partial charge in [-0.1, -0.05) is 35.3 Å². The number of halogens is 1. The van der Waals surface area contributed by atoms with E-state index < -0.39 is 0 Å². The molecule has 0 atom stereocenters. The van der Waals surface area contributed by atoms with Crippen LogP contribution in [-0.4, -0.2) is 52.2 Å². The smallest absolute Gasteiger partial charge is 0.318 e. The van der Waals surface area contributed by atoms with E-state index in [9.17, 15) is 4.79 Å². The second kappa shape index (κ2) is 7.39. The average Bonchev–Trinajstić information content (AvgIpc) is 3.17. The molecule has 1 fully saturated rings. The summed E-state index contributed by atoms with van der Waals surface area (Å²) in [6.07, 6.45) is 0.706. The summed E-state index contributed by atoms with van der Waals surface area (Å²) in [7, 11) is 0. The maximum absolute atomic E-state index is 13.1. The summed E-state index contributed by atoms with van der Waals surface area (Å²) >= 11 is 6.37. The molecule has 3 heterocycles. The minimum absolute atomic E-state index is 0.0991. The fourth-order valence-electron chi connectivity index (χ4n) is 3.57. The van der Waals surface area contributed by atoms with Crippen LogP contribution in [-0.2, 0) is 6.42 Å². The predicted octanol–water partition coefficient (Wildman–Crippen LogP) is 3.41. The number of aryl methyl sites for hydroxylation is 3. The molecule has 2 aromatic heterocycles. The normalized spacial score (nSPS) is 14.7. The number of anilines is 1. The topological polar surface area (TPSA) is 75.4 Å². The van der Waals surface area contributed by atoms with E-state index in [4.69, 9.17) is 16.0 Å². The number of fused-ring (bicyclic) bond motifs is 1. The van der Waals surface area contributed by atoms with E-state index in [0.717, 1.165) is 22.0 Å². The van der Waals surface area contributed by atoms with Gasteiger partial charge in [0.25, 0.3) is 5.91 Å². The zero-order valence-corrected chi connectivity index (χ0v) is 17.0. The molecule has 1 aliphatic heterocycles. The number of nitrogens with zero attached hydrogens (tertiary/aromatic N) is 5. The molecule has 146 valence electrons. The van der Waals surface area contributed by atoms with Crippen molar-refractivity contribution in [3.63, 3.8) is 0 Å². The minimum atomic E-state index is -0.0991. The van der Waals surface area contributed by atoms with Crippen LogP contribution >= 0.6 is 11.6 Å². The first-order chi connectivity index (χ1) is 13.5. The summed E-state index contributed by atoms with van der Waals surface area (Å²) in [5, 5.41) is 9.26. The number of aromatic nitrogens is 3. The van der Waals surface area contributed by atoms with Gasteiger partial charge >= 0.3 is 6.01 Å². The van der Waals surface area contributed by atoms with Gasteiger partial charge in [0.05, 0.1) is 11.1 Å². The fourth-order valence-corrected chi connectivity index (χ4v) is 3.79. The van der Waals surface area contributed by atoms with Crippen molar-refractivity contribution in [1.29, 1.82) is 0 Å². The Morgan fingerprint density at radius 1 is 1.14 bits per heavy atom. The highest BCUT2D eigenvalue weighted by Gasteiger charge is 2.26. The Bertz CT molecular complexity index is 1040. The van der Waals surface area contributed by atoms with Gasteiger partial charge in [0.15, 0.2) is 0 Å². The van der Waals surface area contributed by atoms with E-state index in [1.807, 2.05) is 37.8 Å². The average molecular weight is 400 g/mol. The Morgan fingerprint density at radius 2 is 1.89 bits per heavy atom. The largest absolute Gasteiger partial charge is 0.408 e. The molecule has 1 aromatic carbocycles. The van der Waals surface area contributed by atoms with Gasteiger partial charge < -0.3 is 14.2 Å². The van der Waals surface area contributed by atoms with Gasteiger partial charge in [-0.05, 0) is 31.5 Å². The molecule has 0 N–H and O–H groups in total. The first-order valence-corrected chi connectivity index (χ1v) is 9.78. The second-order valence-electron chi connectivity index (χ2n) is 7.09. The SMILES string of the molecule is CCc1nnc(N2CCN(C(=O)c3cc4cc(C)cc(C)c4nc3Cl)CC2)o1. The molecule has 4 rings (SSSR count). The third-order valence-corrected chi connectivity index (χ3v) is 5.32. The summed E-state index contributed by atoms with van der Waals surface area (Å²) in [5.74, 6) is 0.520. The van der Waals surface area contributed by atoms with Gasteiger partial charge in [-0.2, -0.15) is 0 Å². The molecule has 0 bridgehead atoms. The summed E-state index contributed by atoms with van der Waals surface area (Å²) in [6, 6.07) is 6.46. The van der Waals surface area contributed by atoms with Gasteiger partial charge in [0.1, 0.15) is 5.15 Å². The van der Waals surface area contributed by atoms with Crippen LogP contribution in [0, 0.1) is 13.8 Å². The van der Waals surface area contributed by atoms with Crippen molar-refractivity contribution in [1.82, 2.24) is 20.1 Å². The quantitative estimate of drug-likeness (QED) is 0.628. The van der Waals surface area contributed by atoms with Gasteiger partial charge in [0.2, 0.25) is 5.89 Å². The number of piperazine rings is 1. The van der Waals surface area contributed by atoms with E-state index in [-0.39, 0.29) is 11.1 Å². The molecule has 0 saturated carbocycles. The number of benzene rings is 1. The molecule has 0 unspecified atom stereocenters. The van der Waals surface area contributed by atoms with Gasteiger partial charge in [-0.25, -0.2) is 4.98 Å². The second-order valence-corrected chi connectivity index (χ2v) is 7.45. The number of pyridine rings is 1. The van der Waals surface area contributed by atoms with Crippen molar-refractivity contribution >= 4 is 34.4 Å². The van der Waals surface area contributed by atoms with E-state index in [1.165, 1.54) is 0 Å². The lowest BCUT2D eigenvalue weighted by Gasteiger charge is -2.33. The third-order valence-electron chi connectivity index (χ3n) is 5.03. The fraction of sp³-hybridized carbons (Fsp3) is 0.400. The van der Waals surface area contributed by atoms with Crippen LogP contribution in [0.1, 0.15) is 34.3 Å². The minimum Gasteiger partial charge on any atom is -0.408 e. The predicted molar refractivity (Wildman–Crippen MR) is 108 cm³/mol. The highest BCUT2D eigenvalue weighted by atomic mass is 35.5. The molecule has 7 nitrogen and oxygen atoms in total. The van der Waals surface area contributed by atoms with Crippen LogP contribution in [0.25, 0.3) is 10.9 Å². The molecular weight excluding hydrogens is 378 g/mol. The molecule has 1 saturated heterocycles. The first-order valence-electron chi connectivity index (χ1n) is 9.40. The summed E-state index contributed by atoms with van der Waals surface area (Å²) < 4.78 is 5.61. The van der Waals surface area contributed by atoms with Gasteiger partial charge in [-0.15, -0.1) is 5.10 Å². The lowest BCUT2D eigenvalue weighted by atomic mass is 10.0. The van der Waals surface area contributed by atoms with Crippen molar-refractivity contribution in [3.05, 3.63) is 45.9 Å². The Kier molecular flexibility index (Phi) is 4.93. The van der Waals surface area contributed by atoms with E-state index >= 15 is 0 Å². The molecule has 0 radical (unpaired) electrons. The highest BCUT2D eigenvalue weighted by molar-refractivity contribution is 6.33. The van der Waals surface area contributed by atoms with E-state index in [2.05, 4.69) is 21.2 Å². The van der Waals surface area contributed by atoms with E-state index in [1.54, 1.807) is 4.90 Å². The number of carbonyl (C=O) groups is 1. The number of hydrogen-bond donors (Lipinski definition) is 0. The van der Waals surface area contributed by atoms with Crippen molar-refractivity contribution < 1.29 is 9.21 Å². The van der Waals surface area contributed by atoms with Crippen LogP contribution in [0.4, 0.5) is 6.01 Å². The standard InChI is InChI=1S/C20H22ClN5O2/c1-4-16-23-24-20(28-16)26-7-5-25(6-8-26)19(27)15-11-14-10-12(2)9-13(3)17(14)22-18(15)21/h9-11H,4-8H2,1-3H3. The molecule has 28 heavy (non-hydrogen) atoms. The van der Waals surface area contributed by atoms with Crippen LogP contribution in [0.3, 0.4) is 0 Å². The summed E-state index contributed by atoms with van der Waals surface area (Å²) in [4.78, 5) is 21.3. The zero-order chi connectivity index (χ0) is 19.8. The van der Waals surface area contributed by atoms with E-state index in [0.29, 0.717) is 50.1 Å². The van der Waals surface area contributed by atoms with Crippen molar-refractivity contribution in [3.8, 4) is 0 Å². The van der Waals surface area contributed by atoms with Gasteiger partial charge in [0, 0.05) is 38.0 Å². The third kappa shape index (κ3) is 3.42. The summed E-state index contributed by atoms with van der Waals surface area (Å²) in [5.41, 5.74) is 3.46. The Morgan fingerprint density at radius 3 is 2.57 bits per heavy atom. The first kappa shape index (κ1) is 18.7. The molecule has 8 heteroatoms. The zero-order valence-electron chi connectivity index (χ0n) is 16.2. The van der Waals surface area contributed by atoms with Crippen LogP contribution in [0.2, 0.25) is 5.15 Å².